The molecule has 0 bridgehead atoms. The van der Waals surface area contributed by atoms with Crippen LogP contribution in [0.15, 0.2) is 42.7 Å². The Morgan fingerprint density at radius 3 is 2.48 bits per heavy atom. The van der Waals surface area contributed by atoms with Gasteiger partial charge in [0, 0.05) is 11.6 Å². The van der Waals surface area contributed by atoms with E-state index in [9.17, 15) is 13.2 Å². The summed E-state index contributed by atoms with van der Waals surface area (Å²) in [6, 6.07) is 6.27. The predicted octanol–water partition coefficient (Wildman–Crippen LogP) is 3.97. The van der Waals surface area contributed by atoms with Crippen molar-refractivity contribution in [3.05, 3.63) is 59.7 Å². The summed E-state index contributed by atoms with van der Waals surface area (Å²) in [5.41, 5.74) is 0.705. The first-order chi connectivity index (χ1) is 9.99. The summed E-state index contributed by atoms with van der Waals surface area (Å²) in [6.45, 7) is 7.10. The first-order valence-electron chi connectivity index (χ1n) is 5.88. The second kappa shape index (κ2) is 4.59. The van der Waals surface area contributed by atoms with Crippen LogP contribution in [0.2, 0.25) is 0 Å². The van der Waals surface area contributed by atoms with E-state index in [4.69, 9.17) is 6.57 Å². The van der Waals surface area contributed by atoms with Crippen LogP contribution in [-0.2, 0) is 6.18 Å². The fourth-order valence-electron chi connectivity index (χ4n) is 1.96. The fraction of sp³-hybridized carbons (Fsp3) is 0.0714. The first-order valence-corrected chi connectivity index (χ1v) is 5.88. The number of benzene rings is 1. The molecule has 0 aliphatic heterocycles. The van der Waals surface area contributed by atoms with Crippen molar-refractivity contribution in [2.75, 3.05) is 0 Å². The molecule has 4 nitrogen and oxygen atoms in total. The lowest BCUT2D eigenvalue weighted by molar-refractivity contribution is -0.137. The fourth-order valence-corrected chi connectivity index (χ4v) is 1.96. The number of fused-ring (bicyclic) bond motifs is 1. The largest absolute Gasteiger partial charge is 0.416 e. The van der Waals surface area contributed by atoms with Crippen molar-refractivity contribution < 1.29 is 13.2 Å². The van der Waals surface area contributed by atoms with Crippen LogP contribution in [0.25, 0.3) is 21.7 Å². The van der Waals surface area contributed by atoms with Gasteiger partial charge in [0.15, 0.2) is 5.65 Å². The number of alkyl halides is 3. The zero-order valence-corrected chi connectivity index (χ0v) is 10.5. The lowest BCUT2D eigenvalue weighted by Gasteiger charge is -2.07. The first kappa shape index (κ1) is 13.1. The van der Waals surface area contributed by atoms with E-state index >= 15 is 0 Å². The molecule has 0 spiro atoms. The summed E-state index contributed by atoms with van der Waals surface area (Å²) < 4.78 is 39.1. The van der Waals surface area contributed by atoms with Gasteiger partial charge < -0.3 is 4.85 Å². The zero-order valence-electron chi connectivity index (χ0n) is 10.5. The number of rotatable bonds is 1. The standard InChI is InChI=1S/C14H7F3N4/c1-18-13-20-11(8-12-19-6-7-21(12)13)9-2-4-10(5-3-9)14(15,16)17/h2-8H. The number of hydrogen-bond acceptors (Lipinski definition) is 2. The summed E-state index contributed by atoms with van der Waals surface area (Å²) in [5, 5.41) is 0. The van der Waals surface area contributed by atoms with Crippen LogP contribution in [0.5, 0.6) is 0 Å². The Hall–Kier alpha value is -2.88. The Labute approximate surface area is 117 Å². The SMILES string of the molecule is [C-]#[N+]c1nc(-c2ccc(C(F)(F)F)cc2)cc2nccn12. The molecule has 0 radical (unpaired) electrons. The highest BCUT2D eigenvalue weighted by atomic mass is 19.4. The lowest BCUT2D eigenvalue weighted by Crippen LogP contribution is -2.04. The Morgan fingerprint density at radius 2 is 1.86 bits per heavy atom. The predicted molar refractivity (Wildman–Crippen MR) is 69.7 cm³/mol. The summed E-state index contributed by atoms with van der Waals surface area (Å²) in [4.78, 5) is 11.5. The van der Waals surface area contributed by atoms with Gasteiger partial charge in [0.1, 0.15) is 5.69 Å². The van der Waals surface area contributed by atoms with Gasteiger partial charge in [0.25, 0.3) is 0 Å². The maximum atomic E-state index is 12.5. The Kier molecular flexibility index (Phi) is 2.87. The van der Waals surface area contributed by atoms with Crippen LogP contribution in [0.1, 0.15) is 5.56 Å². The maximum absolute atomic E-state index is 12.5. The van der Waals surface area contributed by atoms with Crippen molar-refractivity contribution in [3.8, 4) is 11.3 Å². The molecule has 0 saturated heterocycles. The van der Waals surface area contributed by atoms with E-state index in [-0.39, 0.29) is 5.95 Å². The van der Waals surface area contributed by atoms with Crippen molar-refractivity contribution in [1.29, 1.82) is 0 Å². The minimum absolute atomic E-state index is 0.111. The van der Waals surface area contributed by atoms with Gasteiger partial charge in [-0.25, -0.2) is 4.98 Å². The number of nitrogens with zero attached hydrogens (tertiary/aromatic N) is 4. The van der Waals surface area contributed by atoms with Crippen LogP contribution >= 0.6 is 0 Å². The molecular weight excluding hydrogens is 281 g/mol. The summed E-state index contributed by atoms with van der Waals surface area (Å²) >= 11 is 0. The third-order valence-corrected chi connectivity index (χ3v) is 2.98. The highest BCUT2D eigenvalue weighted by Gasteiger charge is 2.30. The highest BCUT2D eigenvalue weighted by Crippen LogP contribution is 2.31. The molecule has 0 saturated carbocycles. The van der Waals surface area contributed by atoms with Crippen molar-refractivity contribution in [2.45, 2.75) is 6.18 Å². The number of halogens is 3. The van der Waals surface area contributed by atoms with E-state index in [0.29, 0.717) is 16.9 Å². The van der Waals surface area contributed by atoms with E-state index in [2.05, 4.69) is 14.8 Å². The summed E-state index contributed by atoms with van der Waals surface area (Å²) in [7, 11) is 0. The average Bonchev–Trinajstić information content (AvgIpc) is 2.93. The molecule has 3 rings (SSSR count). The quantitative estimate of drug-likeness (QED) is 0.635. The van der Waals surface area contributed by atoms with Crippen molar-refractivity contribution in [2.24, 2.45) is 0 Å². The molecule has 2 aromatic heterocycles. The average molecular weight is 288 g/mol. The lowest BCUT2D eigenvalue weighted by atomic mass is 10.1. The van der Waals surface area contributed by atoms with Crippen LogP contribution < -0.4 is 0 Å². The minimum Gasteiger partial charge on any atom is -0.396 e. The van der Waals surface area contributed by atoms with Crippen molar-refractivity contribution in [1.82, 2.24) is 14.4 Å². The van der Waals surface area contributed by atoms with Gasteiger partial charge >= 0.3 is 12.1 Å². The van der Waals surface area contributed by atoms with Gasteiger partial charge in [-0.05, 0) is 12.1 Å². The maximum Gasteiger partial charge on any atom is 0.416 e. The molecule has 0 amide bonds. The molecule has 0 atom stereocenters. The van der Waals surface area contributed by atoms with E-state index in [1.54, 1.807) is 12.3 Å². The van der Waals surface area contributed by atoms with E-state index in [1.165, 1.54) is 22.7 Å². The third-order valence-electron chi connectivity index (χ3n) is 2.98. The molecule has 0 unspecified atom stereocenters. The smallest absolute Gasteiger partial charge is 0.396 e. The van der Waals surface area contributed by atoms with Crippen LogP contribution in [0.4, 0.5) is 19.1 Å². The van der Waals surface area contributed by atoms with Crippen LogP contribution in [0.3, 0.4) is 0 Å². The topological polar surface area (TPSA) is 34.5 Å². The number of aromatic nitrogens is 3. The number of imidazole rings is 1. The molecular formula is C14H7F3N4. The Morgan fingerprint density at radius 1 is 1.14 bits per heavy atom. The van der Waals surface area contributed by atoms with E-state index in [0.717, 1.165) is 12.1 Å². The second-order valence-corrected chi connectivity index (χ2v) is 4.28. The molecule has 0 aliphatic carbocycles. The molecule has 21 heavy (non-hydrogen) atoms. The Bertz CT molecular complexity index is 841. The minimum atomic E-state index is -4.37. The number of hydrogen-bond donors (Lipinski definition) is 0. The molecule has 2 heterocycles. The van der Waals surface area contributed by atoms with Crippen molar-refractivity contribution >= 4 is 11.6 Å². The highest BCUT2D eigenvalue weighted by molar-refractivity contribution is 5.66. The van der Waals surface area contributed by atoms with Gasteiger partial charge in [0.2, 0.25) is 0 Å². The van der Waals surface area contributed by atoms with Gasteiger partial charge in [-0.1, -0.05) is 12.1 Å². The molecule has 1 aromatic carbocycles. The second-order valence-electron chi connectivity index (χ2n) is 4.28. The van der Waals surface area contributed by atoms with Gasteiger partial charge in [-0.15, -0.1) is 6.57 Å². The molecule has 0 aliphatic rings. The zero-order chi connectivity index (χ0) is 15.0. The summed E-state index contributed by atoms with van der Waals surface area (Å²) in [6.07, 6.45) is -1.24. The van der Waals surface area contributed by atoms with Crippen LogP contribution in [-0.4, -0.2) is 14.4 Å². The molecule has 104 valence electrons. The summed E-state index contributed by atoms with van der Waals surface area (Å²) in [5.74, 6) is 0.111. The van der Waals surface area contributed by atoms with E-state index < -0.39 is 11.7 Å². The van der Waals surface area contributed by atoms with Crippen molar-refractivity contribution in [3.63, 3.8) is 0 Å². The monoisotopic (exact) mass is 288 g/mol. The van der Waals surface area contributed by atoms with Gasteiger partial charge in [0.05, 0.1) is 18.0 Å². The molecule has 0 fully saturated rings. The molecule has 0 N–H and O–H groups in total. The van der Waals surface area contributed by atoms with E-state index in [1.807, 2.05) is 0 Å². The van der Waals surface area contributed by atoms with Crippen LogP contribution in [0, 0.1) is 6.57 Å². The van der Waals surface area contributed by atoms with Gasteiger partial charge in [-0.3, -0.25) is 4.40 Å². The normalized spacial score (nSPS) is 11.5. The Balaban J connectivity index is 2.10. The molecule has 3 aromatic rings. The molecule has 7 heteroatoms. The van der Waals surface area contributed by atoms with Gasteiger partial charge in [-0.2, -0.15) is 18.2 Å². The third kappa shape index (κ3) is 2.31.